The van der Waals surface area contributed by atoms with Crippen molar-refractivity contribution in [3.8, 4) is 0 Å². The quantitative estimate of drug-likeness (QED) is 0.859. The third-order valence-corrected chi connectivity index (χ3v) is 4.52. The van der Waals surface area contributed by atoms with E-state index in [9.17, 15) is 0 Å². The lowest BCUT2D eigenvalue weighted by Crippen LogP contribution is -2.31. The topological polar surface area (TPSA) is 33.1 Å². The zero-order valence-corrected chi connectivity index (χ0v) is 13.9. The maximum atomic E-state index is 5.59. The van der Waals surface area contributed by atoms with Crippen LogP contribution in [0.5, 0.6) is 0 Å². The van der Waals surface area contributed by atoms with Gasteiger partial charge in [-0.2, -0.15) is 0 Å². The fraction of sp³-hybridized carbons (Fsp3) is 0.412. The summed E-state index contributed by atoms with van der Waals surface area (Å²) in [4.78, 5) is 6.85. The maximum absolute atomic E-state index is 5.59. The lowest BCUT2D eigenvalue weighted by Gasteiger charge is -2.28. The van der Waals surface area contributed by atoms with E-state index in [1.165, 1.54) is 5.69 Å². The molecular weight excluding hydrogens is 292 g/mol. The van der Waals surface area contributed by atoms with Gasteiger partial charge in [0.25, 0.3) is 0 Å². The Kier molecular flexibility index (Phi) is 4.43. The van der Waals surface area contributed by atoms with Gasteiger partial charge in [-0.3, -0.25) is 4.98 Å². The molecule has 1 saturated heterocycles. The third kappa shape index (κ3) is 2.61. The molecule has 1 aliphatic heterocycles. The molecule has 1 aliphatic rings. The summed E-state index contributed by atoms with van der Waals surface area (Å²) < 4.78 is 2.29. The van der Waals surface area contributed by atoms with Crippen molar-refractivity contribution in [1.29, 1.82) is 0 Å². The van der Waals surface area contributed by atoms with Crippen LogP contribution in [0.1, 0.15) is 43.7 Å². The van der Waals surface area contributed by atoms with E-state index in [4.69, 9.17) is 12.2 Å². The van der Waals surface area contributed by atoms with E-state index in [1.807, 2.05) is 18.3 Å². The highest BCUT2D eigenvalue weighted by atomic mass is 32.1. The van der Waals surface area contributed by atoms with Gasteiger partial charge in [-0.15, -0.1) is 0 Å². The van der Waals surface area contributed by atoms with Gasteiger partial charge >= 0.3 is 0 Å². The Morgan fingerprint density at radius 3 is 2.77 bits per heavy atom. The lowest BCUT2D eigenvalue weighted by molar-refractivity contribution is 0.304. The second-order valence-electron chi connectivity index (χ2n) is 5.54. The predicted molar refractivity (Wildman–Crippen MR) is 92.6 cm³/mol. The van der Waals surface area contributed by atoms with Crippen LogP contribution in [0.25, 0.3) is 0 Å². The molecule has 0 unspecified atom stereocenters. The van der Waals surface area contributed by atoms with Crippen molar-refractivity contribution in [1.82, 2.24) is 19.8 Å². The number of nitrogens with zero attached hydrogens (tertiary/aromatic N) is 3. The fourth-order valence-electron chi connectivity index (χ4n) is 3.19. The van der Waals surface area contributed by atoms with Crippen LogP contribution in [0, 0.1) is 0 Å². The zero-order valence-electron chi connectivity index (χ0n) is 13.1. The van der Waals surface area contributed by atoms with Crippen LogP contribution < -0.4 is 5.32 Å². The first-order valence-corrected chi connectivity index (χ1v) is 8.30. The second-order valence-corrected chi connectivity index (χ2v) is 5.93. The Balaban J connectivity index is 2.03. The Morgan fingerprint density at radius 1 is 1.23 bits per heavy atom. The van der Waals surface area contributed by atoms with Crippen molar-refractivity contribution in [2.75, 3.05) is 6.54 Å². The summed E-state index contributed by atoms with van der Waals surface area (Å²) in [5.74, 6) is 0. The second kappa shape index (κ2) is 6.48. The Morgan fingerprint density at radius 2 is 2.09 bits per heavy atom. The first-order valence-electron chi connectivity index (χ1n) is 7.89. The summed E-state index contributed by atoms with van der Waals surface area (Å²) in [7, 11) is 0. The summed E-state index contributed by atoms with van der Waals surface area (Å²) in [6, 6.07) is 10.7. The van der Waals surface area contributed by atoms with Crippen molar-refractivity contribution in [3.63, 3.8) is 0 Å². The minimum atomic E-state index is 0.0976. The van der Waals surface area contributed by atoms with Crippen LogP contribution >= 0.6 is 12.2 Å². The molecule has 0 bridgehead atoms. The molecule has 2 atom stereocenters. The molecule has 2 aromatic rings. The fourth-order valence-corrected chi connectivity index (χ4v) is 3.52. The van der Waals surface area contributed by atoms with Gasteiger partial charge in [-0.1, -0.05) is 13.0 Å². The van der Waals surface area contributed by atoms with E-state index in [0.717, 1.165) is 30.3 Å². The SMILES string of the molecule is CCCN1C(=S)N[C@@H](c2ccccn2)[C@@H]1c1cccn1CC. The van der Waals surface area contributed by atoms with E-state index in [1.54, 1.807) is 0 Å². The number of aryl methyl sites for hydroxylation is 1. The smallest absolute Gasteiger partial charge is 0.170 e. The summed E-state index contributed by atoms with van der Waals surface area (Å²) in [5, 5.41) is 4.30. The molecule has 0 radical (unpaired) electrons. The highest BCUT2D eigenvalue weighted by molar-refractivity contribution is 7.80. The average molecular weight is 314 g/mol. The van der Waals surface area contributed by atoms with Crippen LogP contribution in [0.4, 0.5) is 0 Å². The minimum Gasteiger partial charge on any atom is -0.352 e. The summed E-state index contributed by atoms with van der Waals surface area (Å²) in [6.07, 6.45) is 5.05. The van der Waals surface area contributed by atoms with E-state index in [0.29, 0.717) is 0 Å². The number of aromatic nitrogens is 2. The molecule has 2 aromatic heterocycles. The normalized spacial score (nSPS) is 21.2. The summed E-state index contributed by atoms with van der Waals surface area (Å²) in [5.41, 5.74) is 2.33. The number of rotatable bonds is 5. The summed E-state index contributed by atoms with van der Waals surface area (Å²) >= 11 is 5.59. The first-order chi connectivity index (χ1) is 10.8. The Hall–Kier alpha value is -1.88. The van der Waals surface area contributed by atoms with Crippen LogP contribution in [0.15, 0.2) is 42.7 Å². The maximum Gasteiger partial charge on any atom is 0.170 e. The molecule has 4 nitrogen and oxygen atoms in total. The van der Waals surface area contributed by atoms with Gasteiger partial charge in [0.15, 0.2) is 5.11 Å². The highest BCUT2D eigenvalue weighted by Crippen LogP contribution is 2.38. The molecular formula is C17H22N4S. The van der Waals surface area contributed by atoms with Gasteiger partial charge in [0, 0.05) is 31.2 Å². The van der Waals surface area contributed by atoms with Crippen molar-refractivity contribution < 1.29 is 0 Å². The molecule has 0 aliphatic carbocycles. The van der Waals surface area contributed by atoms with Crippen molar-refractivity contribution in [2.24, 2.45) is 0 Å². The molecule has 116 valence electrons. The minimum absolute atomic E-state index is 0.0976. The molecule has 5 heteroatoms. The van der Waals surface area contributed by atoms with Gasteiger partial charge in [0.1, 0.15) is 0 Å². The molecule has 1 fully saturated rings. The number of hydrogen-bond acceptors (Lipinski definition) is 2. The molecule has 0 saturated carbocycles. The van der Waals surface area contributed by atoms with Gasteiger partial charge in [0.2, 0.25) is 0 Å². The number of thiocarbonyl (C=S) groups is 1. The molecule has 22 heavy (non-hydrogen) atoms. The van der Waals surface area contributed by atoms with Crippen LogP contribution in [0.2, 0.25) is 0 Å². The average Bonchev–Trinajstić information content (AvgIpc) is 3.13. The van der Waals surface area contributed by atoms with Gasteiger partial charge in [-0.05, 0) is 49.8 Å². The van der Waals surface area contributed by atoms with E-state index in [-0.39, 0.29) is 12.1 Å². The number of hydrogen-bond donors (Lipinski definition) is 1. The molecule has 0 aromatic carbocycles. The third-order valence-electron chi connectivity index (χ3n) is 4.17. The largest absolute Gasteiger partial charge is 0.352 e. The van der Waals surface area contributed by atoms with Gasteiger partial charge < -0.3 is 14.8 Å². The van der Waals surface area contributed by atoms with Crippen LogP contribution in [0.3, 0.4) is 0 Å². The van der Waals surface area contributed by atoms with Crippen molar-refractivity contribution >= 4 is 17.3 Å². The number of pyridine rings is 1. The van der Waals surface area contributed by atoms with E-state index in [2.05, 4.69) is 58.0 Å². The monoisotopic (exact) mass is 314 g/mol. The molecule has 1 N–H and O–H groups in total. The summed E-state index contributed by atoms with van der Waals surface area (Å²) in [6.45, 7) is 6.27. The molecule has 0 spiro atoms. The Labute approximate surface area is 137 Å². The number of nitrogens with one attached hydrogen (secondary N) is 1. The van der Waals surface area contributed by atoms with Gasteiger partial charge in [-0.25, -0.2) is 0 Å². The van der Waals surface area contributed by atoms with Crippen LogP contribution in [-0.4, -0.2) is 26.1 Å². The highest BCUT2D eigenvalue weighted by Gasteiger charge is 2.40. The standard InChI is InChI=1S/C17H22N4S/c1-3-11-21-16(14-9-7-12-20(14)4-2)15(19-17(21)22)13-8-5-6-10-18-13/h5-10,12,15-16H,3-4,11H2,1-2H3,(H,19,22)/t15-,16-/m0/s1. The first kappa shape index (κ1) is 15.0. The van der Waals surface area contributed by atoms with Crippen molar-refractivity contribution in [3.05, 3.63) is 54.1 Å². The lowest BCUT2D eigenvalue weighted by atomic mass is 10.0. The predicted octanol–water partition coefficient (Wildman–Crippen LogP) is 3.29. The Bertz CT molecular complexity index is 637. The zero-order chi connectivity index (χ0) is 15.5. The molecule has 0 amide bonds. The van der Waals surface area contributed by atoms with Crippen molar-refractivity contribution in [2.45, 2.75) is 38.9 Å². The van der Waals surface area contributed by atoms with E-state index < -0.39 is 0 Å². The van der Waals surface area contributed by atoms with Gasteiger partial charge in [0.05, 0.1) is 17.8 Å². The van der Waals surface area contributed by atoms with Crippen LogP contribution in [-0.2, 0) is 6.54 Å². The molecule has 3 rings (SSSR count). The van der Waals surface area contributed by atoms with E-state index >= 15 is 0 Å². The molecule has 3 heterocycles.